The van der Waals surface area contributed by atoms with Crippen LogP contribution in [0, 0.1) is 5.92 Å². The van der Waals surface area contributed by atoms with E-state index in [0.29, 0.717) is 0 Å². The molecule has 3 atom stereocenters. The molecule has 9 heteroatoms. The highest BCUT2D eigenvalue weighted by Crippen LogP contribution is 2.26. The van der Waals surface area contributed by atoms with Crippen molar-refractivity contribution in [1.29, 1.82) is 0 Å². The number of nitrogens with two attached hydrogens (primary N) is 2. The molecule has 0 radical (unpaired) electrons. The first-order valence-electron chi connectivity index (χ1n) is 14.1. The lowest BCUT2D eigenvalue weighted by Gasteiger charge is -2.28. The molecule has 1 saturated carbocycles. The molecular formula is C32H38N4O5. The van der Waals surface area contributed by atoms with Gasteiger partial charge in [0.1, 0.15) is 18.7 Å². The lowest BCUT2D eigenvalue weighted by atomic mass is 9.84. The molecule has 0 heterocycles. The monoisotopic (exact) mass is 558 g/mol. The highest BCUT2D eigenvalue weighted by molar-refractivity contribution is 5.95. The maximum atomic E-state index is 13.5. The van der Waals surface area contributed by atoms with Gasteiger partial charge in [0.25, 0.3) is 0 Å². The van der Waals surface area contributed by atoms with Gasteiger partial charge in [-0.3, -0.25) is 19.2 Å². The predicted molar refractivity (Wildman–Crippen MR) is 156 cm³/mol. The maximum absolute atomic E-state index is 13.5. The van der Waals surface area contributed by atoms with Crippen molar-refractivity contribution < 1.29 is 23.9 Å². The van der Waals surface area contributed by atoms with Crippen molar-refractivity contribution in [2.75, 3.05) is 0 Å². The number of nitrogens with one attached hydrogen (secondary N) is 2. The van der Waals surface area contributed by atoms with E-state index in [1.165, 1.54) is 0 Å². The summed E-state index contributed by atoms with van der Waals surface area (Å²) >= 11 is 0. The molecule has 1 fully saturated rings. The first-order valence-corrected chi connectivity index (χ1v) is 14.1. The summed E-state index contributed by atoms with van der Waals surface area (Å²) in [6.45, 7) is 0.0224. The number of amides is 3. The average molecular weight is 559 g/mol. The molecule has 1 aliphatic carbocycles. The number of rotatable bonds is 12. The third kappa shape index (κ3) is 8.38. The standard InChI is InChI=1S/C32H38N4O5/c33-29(23-13-5-2-6-14-23)32(40)36-27(19-28(37)41-20-21-10-3-1-4-11-21)31(39)35-26(30(34)38)18-24-16-9-15-22-12-7-8-17-25(22)24/h1,3-4,7-12,15-17,23,26-27,29H,2,5-6,13-14,18-20,33H2,(H2,34,38)(H,35,39)(H,36,40)/t26-,27-,29-/m0/s1. The van der Waals surface area contributed by atoms with Crippen LogP contribution in [0.2, 0.25) is 0 Å². The van der Waals surface area contributed by atoms with Gasteiger partial charge in [-0.05, 0) is 40.7 Å². The van der Waals surface area contributed by atoms with Gasteiger partial charge in [-0.15, -0.1) is 0 Å². The van der Waals surface area contributed by atoms with Crippen LogP contribution in [0.1, 0.15) is 49.7 Å². The number of carbonyl (C=O) groups is 4. The van der Waals surface area contributed by atoms with E-state index in [2.05, 4.69) is 10.6 Å². The summed E-state index contributed by atoms with van der Waals surface area (Å²) in [6, 6.07) is 19.4. The summed E-state index contributed by atoms with van der Waals surface area (Å²) < 4.78 is 5.37. The van der Waals surface area contributed by atoms with Crippen molar-refractivity contribution in [3.05, 3.63) is 83.9 Å². The van der Waals surface area contributed by atoms with Gasteiger partial charge < -0.3 is 26.8 Å². The number of fused-ring (bicyclic) bond motifs is 1. The van der Waals surface area contributed by atoms with Gasteiger partial charge in [-0.1, -0.05) is 92.1 Å². The molecular weight excluding hydrogens is 520 g/mol. The van der Waals surface area contributed by atoms with Crippen molar-refractivity contribution in [3.63, 3.8) is 0 Å². The molecule has 9 nitrogen and oxygen atoms in total. The van der Waals surface area contributed by atoms with E-state index in [-0.39, 0.29) is 18.9 Å². The molecule has 3 aromatic rings. The number of hydrogen-bond acceptors (Lipinski definition) is 6. The van der Waals surface area contributed by atoms with Crippen LogP contribution >= 0.6 is 0 Å². The molecule has 6 N–H and O–H groups in total. The third-order valence-corrected chi connectivity index (χ3v) is 7.67. The molecule has 0 unspecified atom stereocenters. The van der Waals surface area contributed by atoms with Gasteiger partial charge in [0.05, 0.1) is 12.5 Å². The van der Waals surface area contributed by atoms with Crippen LogP contribution in [0.25, 0.3) is 10.8 Å². The Hall–Kier alpha value is -4.24. The third-order valence-electron chi connectivity index (χ3n) is 7.67. The fourth-order valence-electron chi connectivity index (χ4n) is 5.33. The van der Waals surface area contributed by atoms with E-state index in [0.717, 1.165) is 54.0 Å². The number of esters is 1. The van der Waals surface area contributed by atoms with E-state index in [9.17, 15) is 19.2 Å². The van der Waals surface area contributed by atoms with Crippen molar-refractivity contribution in [1.82, 2.24) is 10.6 Å². The minimum Gasteiger partial charge on any atom is -0.461 e. The largest absolute Gasteiger partial charge is 0.461 e. The van der Waals surface area contributed by atoms with E-state index in [1.807, 2.05) is 72.8 Å². The van der Waals surface area contributed by atoms with Gasteiger partial charge in [-0.2, -0.15) is 0 Å². The number of hydrogen-bond donors (Lipinski definition) is 4. The highest BCUT2D eigenvalue weighted by Gasteiger charge is 2.32. The number of benzene rings is 3. The summed E-state index contributed by atoms with van der Waals surface area (Å²) in [5.74, 6) is -2.64. The Morgan fingerprint density at radius 3 is 2.20 bits per heavy atom. The lowest BCUT2D eigenvalue weighted by Crippen LogP contribution is -2.57. The second kappa shape index (κ2) is 14.4. The molecule has 3 aromatic carbocycles. The number of carbonyl (C=O) groups excluding carboxylic acids is 4. The van der Waals surface area contributed by atoms with Crippen LogP contribution in [-0.4, -0.2) is 41.8 Å². The Morgan fingerprint density at radius 2 is 1.46 bits per heavy atom. The second-order valence-electron chi connectivity index (χ2n) is 10.6. The van der Waals surface area contributed by atoms with Crippen molar-refractivity contribution >= 4 is 34.5 Å². The van der Waals surface area contributed by atoms with Crippen molar-refractivity contribution in [3.8, 4) is 0 Å². The normalized spacial score (nSPS) is 15.8. The van der Waals surface area contributed by atoms with Gasteiger partial charge in [0.2, 0.25) is 17.7 Å². The van der Waals surface area contributed by atoms with Gasteiger partial charge in [-0.25, -0.2) is 0 Å². The zero-order valence-corrected chi connectivity index (χ0v) is 23.1. The predicted octanol–water partition coefficient (Wildman–Crippen LogP) is 2.88. The van der Waals surface area contributed by atoms with E-state index >= 15 is 0 Å². The lowest BCUT2D eigenvalue weighted by molar-refractivity contribution is -0.147. The zero-order valence-electron chi connectivity index (χ0n) is 23.1. The molecule has 0 bridgehead atoms. The minimum absolute atomic E-state index is 0.00206. The molecule has 0 spiro atoms. The summed E-state index contributed by atoms with van der Waals surface area (Å²) in [4.78, 5) is 51.8. The van der Waals surface area contributed by atoms with Gasteiger partial charge in [0.15, 0.2) is 0 Å². The molecule has 41 heavy (non-hydrogen) atoms. The maximum Gasteiger partial charge on any atom is 0.308 e. The van der Waals surface area contributed by atoms with Crippen LogP contribution in [0.3, 0.4) is 0 Å². The van der Waals surface area contributed by atoms with Crippen molar-refractivity contribution in [2.24, 2.45) is 17.4 Å². The van der Waals surface area contributed by atoms with E-state index in [1.54, 1.807) is 0 Å². The van der Waals surface area contributed by atoms with E-state index in [4.69, 9.17) is 16.2 Å². The van der Waals surface area contributed by atoms with Crippen LogP contribution in [0.15, 0.2) is 72.8 Å². The summed E-state index contributed by atoms with van der Waals surface area (Å²) in [7, 11) is 0. The molecule has 0 aromatic heterocycles. The topological polar surface area (TPSA) is 154 Å². The Bertz CT molecular complexity index is 1350. The zero-order chi connectivity index (χ0) is 29.2. The Balaban J connectivity index is 1.48. The Morgan fingerprint density at radius 1 is 0.805 bits per heavy atom. The average Bonchev–Trinajstić information content (AvgIpc) is 3.00. The Kier molecular flexibility index (Phi) is 10.5. The summed E-state index contributed by atoms with van der Waals surface area (Å²) in [6.07, 6.45) is 4.48. The summed E-state index contributed by atoms with van der Waals surface area (Å²) in [5, 5.41) is 7.23. The number of ether oxygens (including phenoxy) is 1. The fraction of sp³-hybridized carbons (Fsp3) is 0.375. The highest BCUT2D eigenvalue weighted by atomic mass is 16.5. The van der Waals surface area contributed by atoms with Crippen LogP contribution in [0.4, 0.5) is 0 Å². The molecule has 3 amide bonds. The van der Waals surface area contributed by atoms with E-state index < -0.39 is 48.2 Å². The number of primary amides is 1. The van der Waals surface area contributed by atoms with Gasteiger partial charge in [0, 0.05) is 6.42 Å². The van der Waals surface area contributed by atoms with Gasteiger partial charge >= 0.3 is 5.97 Å². The first kappa shape index (κ1) is 29.7. The molecule has 0 saturated heterocycles. The molecule has 4 rings (SSSR count). The first-order chi connectivity index (χ1) is 19.8. The minimum atomic E-state index is -1.30. The Labute approximate surface area is 240 Å². The van der Waals surface area contributed by atoms with Crippen LogP contribution in [-0.2, 0) is 36.9 Å². The second-order valence-corrected chi connectivity index (χ2v) is 10.6. The quantitative estimate of drug-likeness (QED) is 0.251. The SMILES string of the molecule is NC(=O)[C@H](Cc1cccc2ccccc12)NC(=O)[C@H](CC(=O)OCc1ccccc1)NC(=O)[C@@H](N)C1CCCCC1. The smallest absolute Gasteiger partial charge is 0.308 e. The fourth-order valence-corrected chi connectivity index (χ4v) is 5.33. The van der Waals surface area contributed by atoms with Crippen LogP contribution in [0.5, 0.6) is 0 Å². The molecule has 0 aliphatic heterocycles. The molecule has 1 aliphatic rings. The van der Waals surface area contributed by atoms with Crippen molar-refractivity contribution in [2.45, 2.75) is 69.7 Å². The van der Waals surface area contributed by atoms with Crippen LogP contribution < -0.4 is 22.1 Å². The summed E-state index contributed by atoms with van der Waals surface area (Å²) in [5.41, 5.74) is 13.6. The molecule has 216 valence electrons.